The number of benzene rings is 3. The summed E-state index contributed by atoms with van der Waals surface area (Å²) in [6.07, 6.45) is 1.95. The Kier molecular flexibility index (Phi) is 4.98. The lowest BCUT2D eigenvalue weighted by Crippen LogP contribution is -2.34. The maximum atomic E-state index is 5.80. The van der Waals surface area contributed by atoms with Crippen LogP contribution in [0.2, 0.25) is 0 Å². The van der Waals surface area contributed by atoms with E-state index in [4.69, 9.17) is 4.74 Å². The van der Waals surface area contributed by atoms with Gasteiger partial charge in [-0.2, -0.15) is 4.57 Å². The van der Waals surface area contributed by atoms with Crippen molar-refractivity contribution < 1.29 is 9.30 Å². The molecule has 0 aliphatic carbocycles. The number of para-hydroxylation sites is 2. The van der Waals surface area contributed by atoms with Crippen LogP contribution in [0.3, 0.4) is 0 Å². The Morgan fingerprint density at radius 3 is 2.18 bits per heavy atom. The van der Waals surface area contributed by atoms with Gasteiger partial charge in [0.2, 0.25) is 11.0 Å². The van der Waals surface area contributed by atoms with Crippen molar-refractivity contribution in [3.8, 4) is 16.9 Å². The lowest BCUT2D eigenvalue weighted by molar-refractivity contribution is -0.634. The topological polar surface area (TPSA) is 25.1 Å². The highest BCUT2D eigenvalue weighted by Crippen LogP contribution is 2.40. The number of rotatable bonds is 6. The van der Waals surface area contributed by atoms with Crippen LogP contribution in [-0.2, 0) is 6.54 Å². The van der Waals surface area contributed by atoms with Crippen LogP contribution in [0.15, 0.2) is 79.4 Å². The van der Waals surface area contributed by atoms with E-state index in [9.17, 15) is 0 Å². The van der Waals surface area contributed by atoms with Crippen molar-refractivity contribution in [2.75, 3.05) is 19.0 Å². The second kappa shape index (κ2) is 7.73. The van der Waals surface area contributed by atoms with Gasteiger partial charge >= 0.3 is 0 Å². The summed E-state index contributed by atoms with van der Waals surface area (Å²) in [7, 11) is 1.74. The van der Waals surface area contributed by atoms with Gasteiger partial charge in [-0.05, 0) is 37.3 Å². The van der Waals surface area contributed by atoms with Crippen molar-refractivity contribution in [1.29, 1.82) is 0 Å². The van der Waals surface area contributed by atoms with Crippen molar-refractivity contribution in [1.82, 2.24) is 0 Å². The first-order chi connectivity index (χ1) is 13.8. The maximum absolute atomic E-state index is 5.80. The Balaban J connectivity index is 2.12. The molecule has 0 aliphatic heterocycles. The zero-order chi connectivity index (χ0) is 19.5. The minimum Gasteiger partial charge on any atom is -0.496 e. The van der Waals surface area contributed by atoms with Crippen LogP contribution in [0.25, 0.3) is 32.9 Å². The van der Waals surface area contributed by atoms with E-state index < -0.39 is 0 Å². The summed E-state index contributed by atoms with van der Waals surface area (Å²) in [5.41, 5.74) is 5.74. The molecule has 0 unspecified atom stereocenters. The van der Waals surface area contributed by atoms with E-state index in [1.165, 1.54) is 27.4 Å². The molecule has 0 radical (unpaired) electrons. The summed E-state index contributed by atoms with van der Waals surface area (Å²) in [5, 5.41) is 5.78. The number of methoxy groups -OCH3 is 1. The Bertz CT molecular complexity index is 1110. The minimum absolute atomic E-state index is 0.762. The van der Waals surface area contributed by atoms with Crippen LogP contribution >= 0.6 is 0 Å². The van der Waals surface area contributed by atoms with E-state index in [1.54, 1.807) is 7.11 Å². The van der Waals surface area contributed by atoms with Gasteiger partial charge in [0.05, 0.1) is 17.9 Å². The van der Waals surface area contributed by atoms with Gasteiger partial charge in [-0.1, -0.05) is 30.8 Å². The number of nitrogens with zero attached hydrogens (tertiary/aromatic N) is 1. The molecular weight excluding hydrogens is 344 g/mol. The monoisotopic (exact) mass is 369 g/mol. The molecule has 3 aromatic carbocycles. The summed E-state index contributed by atoms with van der Waals surface area (Å²) in [5.74, 6) is 0.871. The van der Waals surface area contributed by atoms with Crippen molar-refractivity contribution >= 4 is 27.5 Å². The molecule has 0 aliphatic rings. The highest BCUT2D eigenvalue weighted by atomic mass is 16.5. The van der Waals surface area contributed by atoms with Gasteiger partial charge in [0.25, 0.3) is 0 Å². The molecule has 0 saturated heterocycles. The molecule has 0 bridgehead atoms. The highest BCUT2D eigenvalue weighted by molar-refractivity contribution is 6.08. The molecule has 4 aromatic rings. The molecule has 140 valence electrons. The first-order valence-corrected chi connectivity index (χ1v) is 9.65. The smallest absolute Gasteiger partial charge is 0.213 e. The lowest BCUT2D eigenvalue weighted by Gasteiger charge is -2.15. The van der Waals surface area contributed by atoms with E-state index in [1.807, 2.05) is 6.08 Å². The number of anilines is 1. The first kappa shape index (κ1) is 18.1. The number of aromatic nitrogens is 1. The molecule has 3 nitrogen and oxygen atoms in total. The fourth-order valence-electron chi connectivity index (χ4n) is 3.94. The Morgan fingerprint density at radius 1 is 0.964 bits per heavy atom. The molecule has 3 heteroatoms. The normalized spacial score (nSPS) is 10.9. The van der Waals surface area contributed by atoms with Crippen molar-refractivity contribution in [3.63, 3.8) is 0 Å². The van der Waals surface area contributed by atoms with Crippen LogP contribution in [0, 0.1) is 0 Å². The van der Waals surface area contributed by atoms with Gasteiger partial charge in [-0.15, -0.1) is 0 Å². The van der Waals surface area contributed by atoms with Gasteiger partial charge in [0, 0.05) is 41.6 Å². The molecule has 0 amide bonds. The van der Waals surface area contributed by atoms with Crippen LogP contribution in [0.4, 0.5) is 5.69 Å². The van der Waals surface area contributed by atoms with Crippen LogP contribution < -0.4 is 14.6 Å². The number of pyridine rings is 1. The zero-order valence-corrected chi connectivity index (χ0v) is 16.4. The third-order valence-corrected chi connectivity index (χ3v) is 5.09. The summed E-state index contributed by atoms with van der Waals surface area (Å²) >= 11 is 0. The summed E-state index contributed by atoms with van der Waals surface area (Å²) < 4.78 is 8.12. The molecule has 0 fully saturated rings. The fraction of sp³-hybridized carbons (Fsp3) is 0.160. The molecule has 0 saturated carbocycles. The van der Waals surface area contributed by atoms with Gasteiger partial charge in [0.1, 0.15) is 5.75 Å². The van der Waals surface area contributed by atoms with Crippen molar-refractivity contribution in [2.45, 2.75) is 13.5 Å². The summed E-state index contributed by atoms with van der Waals surface area (Å²) in [4.78, 5) is 0. The number of nitrogens with one attached hydrogen (secondary N) is 1. The van der Waals surface area contributed by atoms with Gasteiger partial charge in [-0.25, -0.2) is 0 Å². The molecular formula is C25H25N2O+. The minimum atomic E-state index is 0.762. The van der Waals surface area contributed by atoms with Gasteiger partial charge in [0.15, 0.2) is 6.54 Å². The fourth-order valence-corrected chi connectivity index (χ4v) is 3.94. The number of hydrogen-bond donors (Lipinski definition) is 1. The van der Waals surface area contributed by atoms with E-state index in [0.29, 0.717) is 0 Å². The van der Waals surface area contributed by atoms with Crippen LogP contribution in [0.1, 0.15) is 6.92 Å². The number of ether oxygens (including phenoxy) is 1. The quantitative estimate of drug-likeness (QED) is 0.273. The third-order valence-electron chi connectivity index (χ3n) is 5.09. The standard InChI is InChI=1S/C25H24N2O/c1-4-16-27-22-12-8-6-10-19(22)25(20-11-7-9-13-23(20)27)21-15-14-18(26-5-2)17-24(21)28-3/h4,6-15,17H,1,5,16H2,2-3H3/p+1. The summed E-state index contributed by atoms with van der Waals surface area (Å²) in [6.45, 7) is 7.69. The van der Waals surface area contributed by atoms with E-state index in [0.717, 1.165) is 30.1 Å². The molecule has 0 atom stereocenters. The largest absolute Gasteiger partial charge is 0.496 e. The molecule has 0 spiro atoms. The van der Waals surface area contributed by atoms with Crippen LogP contribution in [-0.4, -0.2) is 13.7 Å². The van der Waals surface area contributed by atoms with Gasteiger partial charge in [-0.3, -0.25) is 0 Å². The van der Waals surface area contributed by atoms with E-state index in [2.05, 4.69) is 90.1 Å². The number of fused-ring (bicyclic) bond motifs is 2. The van der Waals surface area contributed by atoms with Crippen LogP contribution in [0.5, 0.6) is 5.75 Å². The second-order valence-corrected chi connectivity index (χ2v) is 6.75. The average molecular weight is 369 g/mol. The Hall–Kier alpha value is -3.33. The first-order valence-electron chi connectivity index (χ1n) is 9.65. The van der Waals surface area contributed by atoms with E-state index >= 15 is 0 Å². The Labute approximate surface area is 165 Å². The number of allylic oxidation sites excluding steroid dienone is 1. The second-order valence-electron chi connectivity index (χ2n) is 6.75. The lowest BCUT2D eigenvalue weighted by atomic mass is 9.94. The van der Waals surface area contributed by atoms with Gasteiger partial charge < -0.3 is 10.1 Å². The summed E-state index contributed by atoms with van der Waals surface area (Å²) in [6, 6.07) is 23.4. The molecule has 4 rings (SSSR count). The molecule has 28 heavy (non-hydrogen) atoms. The zero-order valence-electron chi connectivity index (χ0n) is 16.4. The van der Waals surface area contributed by atoms with Crippen molar-refractivity contribution in [2.24, 2.45) is 0 Å². The highest BCUT2D eigenvalue weighted by Gasteiger charge is 2.22. The predicted octanol–water partition coefficient (Wildman–Crippen LogP) is 5.57. The maximum Gasteiger partial charge on any atom is 0.213 e. The predicted molar refractivity (Wildman–Crippen MR) is 118 cm³/mol. The average Bonchev–Trinajstić information content (AvgIpc) is 2.74. The molecule has 1 heterocycles. The number of hydrogen-bond acceptors (Lipinski definition) is 2. The van der Waals surface area contributed by atoms with E-state index in [-0.39, 0.29) is 0 Å². The SMILES string of the molecule is C=CC[n+]1c2ccccc2c(-c2ccc(NCC)cc2OC)c2ccccc21. The Morgan fingerprint density at radius 2 is 1.61 bits per heavy atom. The molecule has 1 aromatic heterocycles. The third kappa shape index (κ3) is 2.99. The van der Waals surface area contributed by atoms with Crippen molar-refractivity contribution in [3.05, 3.63) is 79.4 Å². The molecule has 1 N–H and O–H groups in total.